The molecule has 0 saturated carbocycles. The fraction of sp³-hybridized carbons (Fsp3) is 0.294. The van der Waals surface area contributed by atoms with Crippen molar-refractivity contribution in [1.82, 2.24) is 19.7 Å². The van der Waals surface area contributed by atoms with E-state index in [4.69, 9.17) is 4.74 Å². The van der Waals surface area contributed by atoms with Crippen LogP contribution in [0.5, 0.6) is 5.75 Å². The van der Waals surface area contributed by atoms with Crippen LogP contribution < -0.4 is 10.1 Å². The molecule has 0 aliphatic rings. The molecule has 2 aromatic heterocycles. The van der Waals surface area contributed by atoms with Gasteiger partial charge in [-0.1, -0.05) is 11.8 Å². The Kier molecular flexibility index (Phi) is 5.18. The number of rotatable bonds is 6. The Labute approximate surface area is 149 Å². The van der Waals surface area contributed by atoms with Crippen molar-refractivity contribution < 1.29 is 9.53 Å². The third-order valence-electron chi connectivity index (χ3n) is 3.58. The minimum Gasteiger partial charge on any atom is -0.494 e. The van der Waals surface area contributed by atoms with Gasteiger partial charge in [-0.25, -0.2) is 9.97 Å². The molecule has 1 N–H and O–H groups in total. The van der Waals surface area contributed by atoms with E-state index in [9.17, 15) is 4.79 Å². The number of nitrogens with zero attached hydrogens (tertiary/aromatic N) is 4. The van der Waals surface area contributed by atoms with Crippen LogP contribution in [-0.2, 0) is 11.8 Å². The quantitative estimate of drug-likeness (QED) is 0.540. The van der Waals surface area contributed by atoms with Crippen LogP contribution in [0.4, 0.5) is 5.69 Å². The average molecular weight is 357 g/mol. The van der Waals surface area contributed by atoms with Crippen molar-refractivity contribution in [3.63, 3.8) is 0 Å². The maximum absolute atomic E-state index is 12.4. The number of thioether (sulfide) groups is 1. The molecule has 1 unspecified atom stereocenters. The first-order valence-corrected chi connectivity index (χ1v) is 8.79. The van der Waals surface area contributed by atoms with E-state index in [-0.39, 0.29) is 11.2 Å². The van der Waals surface area contributed by atoms with Gasteiger partial charge < -0.3 is 10.1 Å². The first-order valence-electron chi connectivity index (χ1n) is 7.91. The number of ether oxygens (including phenoxy) is 1. The molecule has 1 amide bonds. The fourth-order valence-corrected chi connectivity index (χ4v) is 3.18. The maximum atomic E-state index is 12.4. The molecule has 8 heteroatoms. The van der Waals surface area contributed by atoms with Gasteiger partial charge in [-0.2, -0.15) is 5.10 Å². The van der Waals surface area contributed by atoms with Gasteiger partial charge >= 0.3 is 0 Å². The van der Waals surface area contributed by atoms with Crippen molar-refractivity contribution in [2.24, 2.45) is 7.05 Å². The van der Waals surface area contributed by atoms with Crippen LogP contribution in [0.3, 0.4) is 0 Å². The van der Waals surface area contributed by atoms with Crippen LogP contribution in [0.2, 0.25) is 0 Å². The molecule has 7 nitrogen and oxygen atoms in total. The van der Waals surface area contributed by atoms with Gasteiger partial charge in [-0.3, -0.25) is 9.48 Å². The zero-order valence-electron chi connectivity index (χ0n) is 14.3. The molecule has 0 aliphatic heterocycles. The Hall–Kier alpha value is -2.61. The number of benzene rings is 1. The molecular weight excluding hydrogens is 338 g/mol. The molecule has 130 valence electrons. The van der Waals surface area contributed by atoms with Crippen LogP contribution in [0, 0.1) is 0 Å². The Bertz CT molecular complexity index is 878. The van der Waals surface area contributed by atoms with E-state index in [1.807, 2.05) is 45.2 Å². The molecule has 2 heterocycles. The number of hydrogen-bond acceptors (Lipinski definition) is 6. The van der Waals surface area contributed by atoms with Crippen molar-refractivity contribution in [3.8, 4) is 5.75 Å². The first-order chi connectivity index (χ1) is 12.1. The second-order valence-electron chi connectivity index (χ2n) is 5.39. The van der Waals surface area contributed by atoms with E-state index in [0.29, 0.717) is 6.61 Å². The molecule has 1 atom stereocenters. The zero-order valence-corrected chi connectivity index (χ0v) is 15.1. The smallest absolute Gasteiger partial charge is 0.237 e. The highest BCUT2D eigenvalue weighted by Gasteiger charge is 2.18. The first kappa shape index (κ1) is 17.2. The number of carbonyl (C=O) groups excluding carboxylic acids is 1. The number of carbonyl (C=O) groups is 1. The molecule has 0 radical (unpaired) electrons. The summed E-state index contributed by atoms with van der Waals surface area (Å²) in [5, 5.41) is 8.36. The molecule has 1 aromatic carbocycles. The van der Waals surface area contributed by atoms with E-state index in [2.05, 4.69) is 20.4 Å². The predicted molar refractivity (Wildman–Crippen MR) is 97.9 cm³/mol. The molecule has 0 bridgehead atoms. The topological polar surface area (TPSA) is 81.9 Å². The van der Waals surface area contributed by atoms with Crippen molar-refractivity contribution in [3.05, 3.63) is 36.8 Å². The Morgan fingerprint density at radius 2 is 2.08 bits per heavy atom. The summed E-state index contributed by atoms with van der Waals surface area (Å²) >= 11 is 1.38. The lowest BCUT2D eigenvalue weighted by molar-refractivity contribution is -0.115. The van der Waals surface area contributed by atoms with Gasteiger partial charge in [0, 0.05) is 12.7 Å². The van der Waals surface area contributed by atoms with Gasteiger partial charge in [0.1, 0.15) is 17.1 Å². The number of anilines is 1. The number of nitrogens with one attached hydrogen (secondary N) is 1. The van der Waals surface area contributed by atoms with Crippen LogP contribution in [0.25, 0.3) is 11.0 Å². The van der Waals surface area contributed by atoms with E-state index in [1.54, 1.807) is 10.9 Å². The summed E-state index contributed by atoms with van der Waals surface area (Å²) in [6.07, 6.45) is 3.21. The third-order valence-corrected chi connectivity index (χ3v) is 4.70. The minimum absolute atomic E-state index is 0.0928. The van der Waals surface area contributed by atoms with Gasteiger partial charge in [0.2, 0.25) is 5.91 Å². The number of fused-ring (bicyclic) bond motifs is 1. The summed E-state index contributed by atoms with van der Waals surface area (Å²) in [6.45, 7) is 4.39. The van der Waals surface area contributed by atoms with E-state index < -0.39 is 0 Å². The van der Waals surface area contributed by atoms with E-state index in [1.165, 1.54) is 18.1 Å². The SMILES string of the molecule is CCOc1ccc(NC(=O)C(C)Sc2ncnc3c2cnn3C)cc1. The largest absolute Gasteiger partial charge is 0.494 e. The van der Waals surface area contributed by atoms with Gasteiger partial charge in [0.15, 0.2) is 5.65 Å². The summed E-state index contributed by atoms with van der Waals surface area (Å²) in [4.78, 5) is 20.9. The lowest BCUT2D eigenvalue weighted by atomic mass is 10.3. The van der Waals surface area contributed by atoms with Gasteiger partial charge in [-0.15, -0.1) is 0 Å². The number of aryl methyl sites for hydroxylation is 1. The summed E-state index contributed by atoms with van der Waals surface area (Å²) in [5.41, 5.74) is 1.48. The van der Waals surface area contributed by atoms with Crippen LogP contribution in [0.1, 0.15) is 13.8 Å². The van der Waals surface area contributed by atoms with Crippen LogP contribution in [0.15, 0.2) is 41.8 Å². The zero-order chi connectivity index (χ0) is 17.8. The molecule has 0 spiro atoms. The van der Waals surface area contributed by atoms with E-state index >= 15 is 0 Å². The molecule has 0 aliphatic carbocycles. The minimum atomic E-state index is -0.315. The molecular formula is C17H19N5O2S. The second kappa shape index (κ2) is 7.52. The highest BCUT2D eigenvalue weighted by Crippen LogP contribution is 2.28. The van der Waals surface area contributed by atoms with Crippen LogP contribution >= 0.6 is 11.8 Å². The molecule has 3 aromatic rings. The normalized spacial score (nSPS) is 12.1. The van der Waals surface area contributed by atoms with Gasteiger partial charge in [0.05, 0.1) is 23.4 Å². The fourth-order valence-electron chi connectivity index (χ4n) is 2.30. The molecule has 0 saturated heterocycles. The average Bonchev–Trinajstić information content (AvgIpc) is 2.99. The lowest BCUT2D eigenvalue weighted by Crippen LogP contribution is -2.22. The highest BCUT2D eigenvalue weighted by molar-refractivity contribution is 8.00. The Balaban J connectivity index is 1.67. The van der Waals surface area contributed by atoms with Gasteiger partial charge in [0.25, 0.3) is 0 Å². The van der Waals surface area contributed by atoms with E-state index in [0.717, 1.165) is 27.5 Å². The molecule has 25 heavy (non-hydrogen) atoms. The predicted octanol–water partition coefficient (Wildman–Crippen LogP) is 2.88. The number of hydrogen-bond donors (Lipinski definition) is 1. The summed E-state index contributed by atoms with van der Waals surface area (Å²) < 4.78 is 7.08. The Morgan fingerprint density at radius 3 is 2.80 bits per heavy atom. The van der Waals surface area contributed by atoms with Crippen molar-refractivity contribution in [2.45, 2.75) is 24.1 Å². The standard InChI is InChI=1S/C17H19N5O2S/c1-4-24-13-7-5-12(6-8-13)21-16(23)11(2)25-17-14-9-20-22(3)15(14)18-10-19-17/h5-11H,4H2,1-3H3,(H,21,23). The maximum Gasteiger partial charge on any atom is 0.237 e. The third kappa shape index (κ3) is 3.90. The van der Waals surface area contributed by atoms with Gasteiger partial charge in [-0.05, 0) is 38.1 Å². The second-order valence-corrected chi connectivity index (χ2v) is 6.72. The summed E-state index contributed by atoms with van der Waals surface area (Å²) in [6, 6.07) is 7.32. The van der Waals surface area contributed by atoms with Crippen LogP contribution in [-0.4, -0.2) is 37.5 Å². The molecule has 0 fully saturated rings. The number of aromatic nitrogens is 4. The van der Waals surface area contributed by atoms with Crippen molar-refractivity contribution in [1.29, 1.82) is 0 Å². The molecule has 3 rings (SSSR count). The monoisotopic (exact) mass is 357 g/mol. The number of amides is 1. The highest BCUT2D eigenvalue weighted by atomic mass is 32.2. The van der Waals surface area contributed by atoms with Crippen molar-refractivity contribution >= 4 is 34.4 Å². The summed E-state index contributed by atoms with van der Waals surface area (Å²) in [7, 11) is 1.83. The Morgan fingerprint density at radius 1 is 1.32 bits per heavy atom. The van der Waals surface area contributed by atoms with Crippen molar-refractivity contribution in [2.75, 3.05) is 11.9 Å². The summed E-state index contributed by atoms with van der Waals surface area (Å²) in [5.74, 6) is 0.688. The lowest BCUT2D eigenvalue weighted by Gasteiger charge is -2.12.